The highest BCUT2D eigenvalue weighted by Gasteiger charge is 2.47. The van der Waals surface area contributed by atoms with E-state index in [2.05, 4.69) is 10.6 Å². The molecule has 4 amide bonds. The average Bonchev–Trinajstić information content (AvgIpc) is 3.00. The molecule has 0 bridgehead atoms. The molecular weight excluding hydrogens is 408 g/mol. The zero-order valence-electron chi connectivity index (χ0n) is 18.8. The molecule has 2 heterocycles. The second-order valence-corrected chi connectivity index (χ2v) is 9.40. The van der Waals surface area contributed by atoms with Gasteiger partial charge >= 0.3 is 6.03 Å². The third kappa shape index (κ3) is 4.33. The van der Waals surface area contributed by atoms with E-state index in [0.717, 1.165) is 49.8 Å². The molecule has 1 aromatic carbocycles. The number of hydrogen-bond donors (Lipinski definition) is 3. The number of ether oxygens (including phenoxy) is 1. The maximum Gasteiger partial charge on any atom is 0.315 e. The molecule has 1 saturated heterocycles. The van der Waals surface area contributed by atoms with Crippen LogP contribution in [0.2, 0.25) is 0 Å². The van der Waals surface area contributed by atoms with Gasteiger partial charge in [-0.1, -0.05) is 38.2 Å². The number of primary amides is 1. The molecule has 1 aliphatic carbocycles. The largest absolute Gasteiger partial charge is 0.381 e. The molecule has 0 aromatic heterocycles. The number of likely N-dealkylation sites (N-methyl/N-ethyl adjacent to an activating group) is 1. The molecule has 1 saturated carbocycles. The zero-order chi connectivity index (χ0) is 22.7. The van der Waals surface area contributed by atoms with Crippen molar-refractivity contribution in [1.29, 1.82) is 0 Å². The average molecular weight is 443 g/mol. The molecule has 4 N–H and O–H groups in total. The molecule has 3 aliphatic rings. The van der Waals surface area contributed by atoms with Crippen LogP contribution in [-0.4, -0.2) is 49.0 Å². The molecule has 1 atom stereocenters. The van der Waals surface area contributed by atoms with Gasteiger partial charge in [0.15, 0.2) is 0 Å². The van der Waals surface area contributed by atoms with E-state index in [1.54, 1.807) is 7.05 Å². The summed E-state index contributed by atoms with van der Waals surface area (Å²) >= 11 is 0. The molecule has 8 heteroatoms. The van der Waals surface area contributed by atoms with Crippen LogP contribution in [0.3, 0.4) is 0 Å². The van der Waals surface area contributed by atoms with Gasteiger partial charge < -0.3 is 26.0 Å². The van der Waals surface area contributed by atoms with Crippen LogP contribution >= 0.6 is 0 Å². The van der Waals surface area contributed by atoms with E-state index in [4.69, 9.17) is 10.5 Å². The van der Waals surface area contributed by atoms with Gasteiger partial charge in [0.1, 0.15) is 6.04 Å². The molecule has 2 fully saturated rings. The summed E-state index contributed by atoms with van der Waals surface area (Å²) in [5.74, 6) is -0.158. The topological polar surface area (TPSA) is 114 Å². The fourth-order valence-electron chi connectivity index (χ4n) is 5.59. The highest BCUT2D eigenvalue weighted by Crippen LogP contribution is 2.45. The third-order valence-electron chi connectivity index (χ3n) is 7.46. The van der Waals surface area contributed by atoms with Crippen LogP contribution < -0.4 is 16.4 Å². The van der Waals surface area contributed by atoms with E-state index in [1.165, 1.54) is 11.3 Å². The Balaban J connectivity index is 1.54. The minimum absolute atomic E-state index is 0.000126. The number of amides is 4. The molecule has 1 unspecified atom stereocenters. The number of nitrogens with zero attached hydrogens (tertiary/aromatic N) is 1. The second-order valence-electron chi connectivity index (χ2n) is 9.40. The Morgan fingerprint density at radius 2 is 1.81 bits per heavy atom. The standard InChI is InChI=1S/C24H34N4O4/c1-28(23(25)31)20(16-7-5-3-2-4-6-8-16)21(29)26-17-9-10-18-19(15-17)27-22(30)24(18)11-13-32-14-12-24/h9-10,15-16,20H,2-8,11-14H2,1H3,(H2,25,31)(H,26,29)(H,27,30). The first kappa shape index (κ1) is 22.6. The summed E-state index contributed by atoms with van der Waals surface area (Å²) in [6, 6.07) is 4.37. The predicted molar refractivity (Wildman–Crippen MR) is 122 cm³/mol. The van der Waals surface area contributed by atoms with Crippen LogP contribution in [0.15, 0.2) is 18.2 Å². The summed E-state index contributed by atoms with van der Waals surface area (Å²) in [4.78, 5) is 39.5. The monoisotopic (exact) mass is 442 g/mol. The lowest BCUT2D eigenvalue weighted by atomic mass is 9.75. The Labute approximate surface area is 189 Å². The first-order chi connectivity index (χ1) is 15.4. The van der Waals surface area contributed by atoms with Crippen LogP contribution in [0.5, 0.6) is 0 Å². The molecule has 4 rings (SSSR count). The highest BCUT2D eigenvalue weighted by atomic mass is 16.5. The first-order valence-corrected chi connectivity index (χ1v) is 11.8. The lowest BCUT2D eigenvalue weighted by Gasteiger charge is -2.34. The lowest BCUT2D eigenvalue weighted by Crippen LogP contribution is -2.51. The van der Waals surface area contributed by atoms with Gasteiger partial charge in [0.25, 0.3) is 0 Å². The lowest BCUT2D eigenvalue weighted by molar-refractivity contribution is -0.124. The summed E-state index contributed by atoms with van der Waals surface area (Å²) < 4.78 is 5.46. The number of fused-ring (bicyclic) bond motifs is 2. The van der Waals surface area contributed by atoms with E-state index in [1.807, 2.05) is 18.2 Å². The maximum absolute atomic E-state index is 13.4. The summed E-state index contributed by atoms with van der Waals surface area (Å²) in [6.45, 7) is 1.13. The number of rotatable bonds is 4. The molecule has 2 aliphatic heterocycles. The number of benzene rings is 1. The Hall–Kier alpha value is -2.61. The molecule has 1 aromatic rings. The van der Waals surface area contributed by atoms with Crippen LogP contribution in [0.4, 0.5) is 16.2 Å². The molecule has 32 heavy (non-hydrogen) atoms. The minimum atomic E-state index is -0.615. The van der Waals surface area contributed by atoms with Crippen molar-refractivity contribution in [1.82, 2.24) is 4.90 Å². The number of hydrogen-bond acceptors (Lipinski definition) is 4. The van der Waals surface area contributed by atoms with Crippen LogP contribution in [-0.2, 0) is 19.7 Å². The van der Waals surface area contributed by atoms with Gasteiger partial charge in [-0.3, -0.25) is 9.59 Å². The fraction of sp³-hybridized carbons (Fsp3) is 0.625. The Morgan fingerprint density at radius 1 is 1.16 bits per heavy atom. The van der Waals surface area contributed by atoms with E-state index in [9.17, 15) is 14.4 Å². The smallest absolute Gasteiger partial charge is 0.315 e. The number of carbonyl (C=O) groups excluding carboxylic acids is 3. The molecule has 1 spiro atoms. The fourth-order valence-corrected chi connectivity index (χ4v) is 5.59. The van der Waals surface area contributed by atoms with Gasteiger partial charge in [-0.05, 0) is 49.3 Å². The first-order valence-electron chi connectivity index (χ1n) is 11.8. The molecule has 174 valence electrons. The number of carbonyl (C=O) groups is 3. The zero-order valence-corrected chi connectivity index (χ0v) is 18.8. The summed E-state index contributed by atoms with van der Waals surface area (Å²) in [6.07, 6.45) is 8.76. The van der Waals surface area contributed by atoms with Gasteiger partial charge in [-0.25, -0.2) is 4.79 Å². The van der Waals surface area contributed by atoms with Gasteiger partial charge in [0.2, 0.25) is 11.8 Å². The van der Waals surface area contributed by atoms with Gasteiger partial charge in [-0.15, -0.1) is 0 Å². The van der Waals surface area contributed by atoms with Crippen molar-refractivity contribution in [2.45, 2.75) is 69.2 Å². The van der Waals surface area contributed by atoms with Crippen LogP contribution in [0, 0.1) is 5.92 Å². The van der Waals surface area contributed by atoms with E-state index < -0.39 is 17.5 Å². The Morgan fingerprint density at radius 3 is 2.47 bits per heavy atom. The van der Waals surface area contributed by atoms with Gasteiger partial charge in [0, 0.05) is 31.6 Å². The van der Waals surface area contributed by atoms with Crippen molar-refractivity contribution in [3.8, 4) is 0 Å². The third-order valence-corrected chi connectivity index (χ3v) is 7.46. The summed E-state index contributed by atoms with van der Waals surface area (Å²) in [5, 5.41) is 5.97. The molecular formula is C24H34N4O4. The van der Waals surface area contributed by atoms with Crippen molar-refractivity contribution >= 4 is 29.2 Å². The van der Waals surface area contributed by atoms with Gasteiger partial charge in [-0.2, -0.15) is 0 Å². The van der Waals surface area contributed by atoms with E-state index in [0.29, 0.717) is 31.7 Å². The van der Waals surface area contributed by atoms with Crippen molar-refractivity contribution in [2.75, 3.05) is 30.9 Å². The molecule has 0 radical (unpaired) electrons. The Kier molecular flexibility index (Phi) is 6.69. The highest BCUT2D eigenvalue weighted by molar-refractivity contribution is 6.07. The SMILES string of the molecule is CN(C(N)=O)C(C(=O)Nc1ccc2c(c1)NC(=O)C21CCOCC1)C1CCCCCCC1. The summed E-state index contributed by atoms with van der Waals surface area (Å²) in [5.41, 5.74) is 7.33. The number of anilines is 2. The maximum atomic E-state index is 13.4. The molecule has 8 nitrogen and oxygen atoms in total. The van der Waals surface area contributed by atoms with Crippen LogP contribution in [0.25, 0.3) is 0 Å². The quantitative estimate of drug-likeness (QED) is 0.663. The van der Waals surface area contributed by atoms with Crippen molar-refractivity contribution in [3.05, 3.63) is 23.8 Å². The van der Waals surface area contributed by atoms with Gasteiger partial charge in [0.05, 0.1) is 5.41 Å². The number of nitrogens with one attached hydrogen (secondary N) is 2. The number of urea groups is 1. The van der Waals surface area contributed by atoms with Crippen molar-refractivity contribution in [3.63, 3.8) is 0 Å². The van der Waals surface area contributed by atoms with E-state index >= 15 is 0 Å². The second kappa shape index (κ2) is 9.48. The Bertz CT molecular complexity index is 873. The van der Waals surface area contributed by atoms with Crippen molar-refractivity contribution in [2.24, 2.45) is 11.7 Å². The predicted octanol–water partition coefficient (Wildman–Crippen LogP) is 3.37. The minimum Gasteiger partial charge on any atom is -0.381 e. The van der Waals surface area contributed by atoms with E-state index in [-0.39, 0.29) is 17.7 Å². The summed E-state index contributed by atoms with van der Waals surface area (Å²) in [7, 11) is 1.60. The van der Waals surface area contributed by atoms with Crippen LogP contribution in [0.1, 0.15) is 63.4 Å². The number of nitrogens with two attached hydrogens (primary N) is 1. The van der Waals surface area contributed by atoms with Crippen molar-refractivity contribution < 1.29 is 19.1 Å². The normalized spacial score (nSPS) is 21.7.